The fourth-order valence-corrected chi connectivity index (χ4v) is 2.95. The summed E-state index contributed by atoms with van der Waals surface area (Å²) in [4.78, 5) is 4.30. The molecule has 1 aliphatic heterocycles. The van der Waals surface area contributed by atoms with Crippen molar-refractivity contribution in [3.8, 4) is 0 Å². The van der Waals surface area contributed by atoms with E-state index in [1.54, 1.807) is 12.5 Å². The first kappa shape index (κ1) is 10.2. The maximum Gasteiger partial charge on any atom is 0.203 e. The third-order valence-electron chi connectivity index (χ3n) is 3.97. The van der Waals surface area contributed by atoms with Crippen LogP contribution < -0.4 is 11.1 Å². The van der Waals surface area contributed by atoms with E-state index in [2.05, 4.69) is 20.5 Å². The normalized spacial score (nSPS) is 34.3. The highest BCUT2D eigenvalue weighted by Gasteiger charge is 2.52. The number of nitrogens with zero attached hydrogens (tertiary/aromatic N) is 4. The van der Waals surface area contributed by atoms with Gasteiger partial charge >= 0.3 is 0 Å². The van der Waals surface area contributed by atoms with Crippen molar-refractivity contribution in [3.63, 3.8) is 0 Å². The van der Waals surface area contributed by atoms with Crippen molar-refractivity contribution in [3.05, 3.63) is 18.7 Å². The quantitative estimate of drug-likeness (QED) is 0.752. The maximum absolute atomic E-state index is 6.16. The summed E-state index contributed by atoms with van der Waals surface area (Å²) in [5.41, 5.74) is 6.88. The van der Waals surface area contributed by atoms with Crippen molar-refractivity contribution < 1.29 is 4.74 Å². The Balaban J connectivity index is 1.63. The number of nitrogens with one attached hydrogen (secondary N) is 1. The van der Waals surface area contributed by atoms with Crippen LogP contribution in [0.5, 0.6) is 0 Å². The monoisotopic (exact) mass is 246 g/mol. The zero-order valence-corrected chi connectivity index (χ0v) is 9.73. The van der Waals surface area contributed by atoms with Gasteiger partial charge in [-0.3, -0.25) is 4.40 Å². The standard InChI is InChI=1S/C11H14N6O/c12-7-6-1-4-18-9(6)8(7)15-10-11-16-14-5-17(11)3-2-13-10/h2-3,5-9H,1,4,12H2,(H,13,15). The first-order chi connectivity index (χ1) is 8.84. The van der Waals surface area contributed by atoms with Crippen molar-refractivity contribution in [1.29, 1.82) is 0 Å². The molecule has 0 spiro atoms. The van der Waals surface area contributed by atoms with Gasteiger partial charge in [-0.1, -0.05) is 0 Å². The van der Waals surface area contributed by atoms with Gasteiger partial charge in [0.2, 0.25) is 5.65 Å². The molecule has 7 heteroatoms. The molecule has 2 aromatic rings. The highest BCUT2D eigenvalue weighted by Crippen LogP contribution is 2.39. The molecule has 3 heterocycles. The van der Waals surface area contributed by atoms with Gasteiger partial charge in [0.15, 0.2) is 5.82 Å². The van der Waals surface area contributed by atoms with Gasteiger partial charge in [-0.25, -0.2) is 4.98 Å². The Hall–Kier alpha value is -1.73. The second-order valence-electron chi connectivity index (χ2n) is 4.87. The average molecular weight is 246 g/mol. The van der Waals surface area contributed by atoms with Crippen LogP contribution in [-0.4, -0.2) is 44.4 Å². The summed E-state index contributed by atoms with van der Waals surface area (Å²) < 4.78 is 7.51. The van der Waals surface area contributed by atoms with E-state index in [0.29, 0.717) is 17.4 Å². The molecule has 7 nitrogen and oxygen atoms in total. The molecule has 0 aromatic carbocycles. The number of hydrogen-bond acceptors (Lipinski definition) is 6. The zero-order chi connectivity index (χ0) is 12.1. The van der Waals surface area contributed by atoms with Gasteiger partial charge in [0.1, 0.15) is 6.33 Å². The van der Waals surface area contributed by atoms with Gasteiger partial charge in [0, 0.05) is 31.0 Å². The Morgan fingerprint density at radius 3 is 3.39 bits per heavy atom. The Bertz CT molecular complexity index is 584. The van der Waals surface area contributed by atoms with Crippen LogP contribution in [0.15, 0.2) is 18.7 Å². The Labute approximate surface area is 103 Å². The van der Waals surface area contributed by atoms with Crippen molar-refractivity contribution in [1.82, 2.24) is 19.6 Å². The minimum Gasteiger partial charge on any atom is -0.376 e. The maximum atomic E-state index is 6.16. The number of nitrogens with two attached hydrogens (primary N) is 1. The largest absolute Gasteiger partial charge is 0.376 e. The fourth-order valence-electron chi connectivity index (χ4n) is 2.95. The fraction of sp³-hybridized carbons (Fsp3) is 0.545. The Morgan fingerprint density at radius 1 is 1.50 bits per heavy atom. The van der Waals surface area contributed by atoms with Crippen LogP contribution in [0, 0.1) is 5.92 Å². The third-order valence-corrected chi connectivity index (χ3v) is 3.97. The number of anilines is 1. The summed E-state index contributed by atoms with van der Waals surface area (Å²) in [6.07, 6.45) is 6.46. The average Bonchev–Trinajstić information content (AvgIpc) is 3.02. The molecule has 2 fully saturated rings. The topological polar surface area (TPSA) is 90.4 Å². The predicted octanol–water partition coefficient (Wildman–Crippen LogP) is -0.349. The van der Waals surface area contributed by atoms with E-state index in [-0.39, 0.29) is 18.2 Å². The van der Waals surface area contributed by atoms with Crippen LogP contribution in [0.2, 0.25) is 0 Å². The molecule has 1 saturated heterocycles. The summed E-state index contributed by atoms with van der Waals surface area (Å²) in [6, 6.07) is 0.246. The van der Waals surface area contributed by atoms with Crippen LogP contribution in [0.3, 0.4) is 0 Å². The van der Waals surface area contributed by atoms with Gasteiger partial charge in [-0.05, 0) is 6.42 Å². The first-order valence-electron chi connectivity index (χ1n) is 6.12. The van der Waals surface area contributed by atoms with Crippen molar-refractivity contribution >= 4 is 11.5 Å². The Kier molecular flexibility index (Phi) is 2.06. The minimum atomic E-state index is 0.118. The first-order valence-corrected chi connectivity index (χ1v) is 6.12. The molecule has 4 rings (SSSR count). The zero-order valence-electron chi connectivity index (χ0n) is 9.73. The Morgan fingerprint density at radius 2 is 2.44 bits per heavy atom. The van der Waals surface area contributed by atoms with Crippen LogP contribution in [-0.2, 0) is 4.74 Å². The highest BCUT2D eigenvalue weighted by atomic mass is 16.5. The second kappa shape index (κ2) is 3.63. The summed E-state index contributed by atoms with van der Waals surface area (Å²) in [7, 11) is 0. The van der Waals surface area contributed by atoms with Gasteiger partial charge < -0.3 is 15.8 Å². The number of fused-ring (bicyclic) bond motifs is 2. The molecule has 94 valence electrons. The second-order valence-corrected chi connectivity index (χ2v) is 4.87. The molecule has 0 bridgehead atoms. The van der Waals surface area contributed by atoms with E-state index < -0.39 is 0 Å². The van der Waals surface area contributed by atoms with Crippen molar-refractivity contribution in [2.75, 3.05) is 11.9 Å². The van der Waals surface area contributed by atoms with Crippen LogP contribution >= 0.6 is 0 Å². The summed E-state index contributed by atoms with van der Waals surface area (Å²) in [5, 5.41) is 11.3. The van der Waals surface area contributed by atoms with Crippen LogP contribution in [0.25, 0.3) is 5.65 Å². The van der Waals surface area contributed by atoms with Crippen LogP contribution in [0.4, 0.5) is 5.82 Å². The van der Waals surface area contributed by atoms with Gasteiger partial charge in [-0.15, -0.1) is 10.2 Å². The molecule has 1 saturated carbocycles. The van der Waals surface area contributed by atoms with Gasteiger partial charge in [0.25, 0.3) is 0 Å². The molecule has 3 N–H and O–H groups in total. The molecule has 4 atom stereocenters. The number of ether oxygens (including phenoxy) is 1. The summed E-state index contributed by atoms with van der Waals surface area (Å²) in [5.74, 6) is 1.20. The molecule has 4 unspecified atom stereocenters. The van der Waals surface area contributed by atoms with E-state index >= 15 is 0 Å². The molecular formula is C11H14N6O. The van der Waals surface area contributed by atoms with E-state index in [4.69, 9.17) is 10.5 Å². The number of hydrogen-bond donors (Lipinski definition) is 2. The number of rotatable bonds is 2. The molecule has 2 aliphatic rings. The lowest BCUT2D eigenvalue weighted by Crippen LogP contribution is -2.65. The SMILES string of the molecule is NC1C2CCOC2C1Nc1nccn2cnnc12. The predicted molar refractivity (Wildman–Crippen MR) is 64.0 cm³/mol. The van der Waals surface area contributed by atoms with E-state index in [9.17, 15) is 0 Å². The third kappa shape index (κ3) is 1.28. The summed E-state index contributed by atoms with van der Waals surface area (Å²) in [6.45, 7) is 0.809. The van der Waals surface area contributed by atoms with Crippen molar-refractivity contribution in [2.24, 2.45) is 11.7 Å². The van der Waals surface area contributed by atoms with Gasteiger partial charge in [-0.2, -0.15) is 0 Å². The van der Waals surface area contributed by atoms with Crippen LogP contribution in [0.1, 0.15) is 6.42 Å². The summed E-state index contributed by atoms with van der Waals surface area (Å²) >= 11 is 0. The van der Waals surface area contributed by atoms with Crippen molar-refractivity contribution in [2.45, 2.75) is 24.6 Å². The lowest BCUT2D eigenvalue weighted by atomic mass is 9.72. The minimum absolute atomic E-state index is 0.118. The lowest BCUT2D eigenvalue weighted by Gasteiger charge is -2.45. The van der Waals surface area contributed by atoms with E-state index in [0.717, 1.165) is 13.0 Å². The smallest absolute Gasteiger partial charge is 0.203 e. The van der Waals surface area contributed by atoms with E-state index in [1.807, 2.05) is 10.6 Å². The highest BCUT2D eigenvalue weighted by molar-refractivity contribution is 5.62. The van der Waals surface area contributed by atoms with Gasteiger partial charge in [0.05, 0.1) is 12.1 Å². The molecular weight excluding hydrogens is 232 g/mol. The molecule has 18 heavy (non-hydrogen) atoms. The molecule has 0 radical (unpaired) electrons. The molecule has 2 aromatic heterocycles. The molecule has 0 amide bonds. The van der Waals surface area contributed by atoms with E-state index in [1.165, 1.54) is 0 Å². The number of aromatic nitrogens is 4. The lowest BCUT2D eigenvalue weighted by molar-refractivity contribution is 0.00527. The molecule has 1 aliphatic carbocycles.